The molecule has 0 aliphatic carbocycles. The van der Waals surface area contributed by atoms with Crippen LogP contribution in [0.3, 0.4) is 0 Å². The van der Waals surface area contributed by atoms with Gasteiger partial charge in [-0.3, -0.25) is 0 Å². The third-order valence-corrected chi connectivity index (χ3v) is 3.86. The van der Waals surface area contributed by atoms with E-state index in [1.165, 1.54) is 19.8 Å². The maximum atomic E-state index is 12.1. The van der Waals surface area contributed by atoms with Gasteiger partial charge in [-0.1, -0.05) is 55.5 Å². The molecule has 122 valence electrons. The molecule has 2 aromatic rings. The second-order valence-electron chi connectivity index (χ2n) is 5.22. The molecule has 0 aromatic heterocycles. The standard InChI is InChI=1S/C19H23NO3/c1-4-14-10-8-9-13-16(14)20-17(15-11-6-5-7-12-15)18(22-2)19(21)23-3/h5-13,17-18,20H,4H2,1-3H3/t17-,18-/m1/s1. The minimum atomic E-state index is -0.729. The Labute approximate surface area is 137 Å². The molecule has 0 unspecified atom stereocenters. The Balaban J connectivity index is 2.39. The summed E-state index contributed by atoms with van der Waals surface area (Å²) in [4.78, 5) is 12.1. The van der Waals surface area contributed by atoms with Crippen LogP contribution in [0, 0.1) is 0 Å². The Morgan fingerprint density at radius 3 is 2.30 bits per heavy atom. The number of para-hydroxylation sites is 1. The molecule has 2 atom stereocenters. The number of anilines is 1. The fourth-order valence-electron chi connectivity index (χ4n) is 2.62. The number of benzene rings is 2. The van der Waals surface area contributed by atoms with E-state index >= 15 is 0 Å². The SMILES string of the molecule is CCc1ccccc1N[C@H](c1ccccc1)[C@@H](OC)C(=O)OC. The van der Waals surface area contributed by atoms with E-state index in [9.17, 15) is 4.79 Å². The lowest BCUT2D eigenvalue weighted by Gasteiger charge is -2.27. The van der Waals surface area contributed by atoms with Crippen LogP contribution in [-0.4, -0.2) is 26.3 Å². The summed E-state index contributed by atoms with van der Waals surface area (Å²) in [7, 11) is 2.89. The lowest BCUT2D eigenvalue weighted by Crippen LogP contribution is -2.35. The fraction of sp³-hybridized carbons (Fsp3) is 0.316. The van der Waals surface area contributed by atoms with E-state index in [1.54, 1.807) is 0 Å². The van der Waals surface area contributed by atoms with E-state index in [0.717, 1.165) is 17.7 Å². The van der Waals surface area contributed by atoms with Crippen molar-refractivity contribution < 1.29 is 14.3 Å². The minimum Gasteiger partial charge on any atom is -0.467 e. The van der Waals surface area contributed by atoms with Gasteiger partial charge in [0.2, 0.25) is 0 Å². The Hall–Kier alpha value is -2.33. The number of esters is 1. The van der Waals surface area contributed by atoms with Crippen molar-refractivity contribution in [2.75, 3.05) is 19.5 Å². The van der Waals surface area contributed by atoms with Gasteiger partial charge in [-0.2, -0.15) is 0 Å². The number of aryl methyl sites for hydroxylation is 1. The van der Waals surface area contributed by atoms with Crippen LogP contribution >= 0.6 is 0 Å². The molecule has 1 N–H and O–H groups in total. The zero-order valence-corrected chi connectivity index (χ0v) is 13.8. The molecule has 0 radical (unpaired) electrons. The van der Waals surface area contributed by atoms with Crippen molar-refractivity contribution in [1.29, 1.82) is 0 Å². The van der Waals surface area contributed by atoms with Gasteiger partial charge in [-0.25, -0.2) is 4.79 Å². The quantitative estimate of drug-likeness (QED) is 0.794. The highest BCUT2D eigenvalue weighted by molar-refractivity contribution is 5.76. The molecule has 0 aliphatic heterocycles. The van der Waals surface area contributed by atoms with Crippen LogP contribution in [0.5, 0.6) is 0 Å². The molecular formula is C19H23NO3. The van der Waals surface area contributed by atoms with Gasteiger partial charge in [0.25, 0.3) is 0 Å². The summed E-state index contributed by atoms with van der Waals surface area (Å²) in [6, 6.07) is 17.5. The predicted octanol–water partition coefficient (Wildman–Crippen LogP) is 3.59. The van der Waals surface area contributed by atoms with Gasteiger partial charge in [-0.15, -0.1) is 0 Å². The van der Waals surface area contributed by atoms with Crippen molar-refractivity contribution in [3.05, 3.63) is 65.7 Å². The Morgan fingerprint density at radius 2 is 1.70 bits per heavy atom. The van der Waals surface area contributed by atoms with Crippen molar-refractivity contribution >= 4 is 11.7 Å². The number of hydrogen-bond acceptors (Lipinski definition) is 4. The smallest absolute Gasteiger partial charge is 0.337 e. The molecule has 23 heavy (non-hydrogen) atoms. The summed E-state index contributed by atoms with van der Waals surface area (Å²) in [5.74, 6) is -0.400. The molecule has 2 aromatic carbocycles. The summed E-state index contributed by atoms with van der Waals surface area (Å²) in [5, 5.41) is 3.46. The van der Waals surface area contributed by atoms with Gasteiger partial charge < -0.3 is 14.8 Å². The van der Waals surface area contributed by atoms with Crippen molar-refractivity contribution in [1.82, 2.24) is 0 Å². The molecule has 0 amide bonds. The van der Waals surface area contributed by atoms with Gasteiger partial charge in [0.15, 0.2) is 6.10 Å². The lowest BCUT2D eigenvalue weighted by atomic mass is 9.99. The molecule has 4 nitrogen and oxygen atoms in total. The number of hydrogen-bond donors (Lipinski definition) is 1. The highest BCUT2D eigenvalue weighted by Gasteiger charge is 2.30. The molecule has 2 rings (SSSR count). The van der Waals surface area contributed by atoms with E-state index in [1.807, 2.05) is 48.5 Å². The van der Waals surface area contributed by atoms with Crippen molar-refractivity contribution in [2.45, 2.75) is 25.5 Å². The molecule has 0 fully saturated rings. The van der Waals surface area contributed by atoms with Gasteiger partial charge in [0.1, 0.15) is 0 Å². The third-order valence-electron chi connectivity index (χ3n) is 3.86. The van der Waals surface area contributed by atoms with E-state index in [0.29, 0.717) is 0 Å². The highest BCUT2D eigenvalue weighted by atomic mass is 16.6. The average molecular weight is 313 g/mol. The van der Waals surface area contributed by atoms with Crippen molar-refractivity contribution in [3.8, 4) is 0 Å². The Morgan fingerprint density at radius 1 is 1.04 bits per heavy atom. The van der Waals surface area contributed by atoms with Crippen LogP contribution < -0.4 is 5.32 Å². The topological polar surface area (TPSA) is 47.6 Å². The molecule has 0 heterocycles. The predicted molar refractivity (Wildman–Crippen MR) is 91.4 cm³/mol. The summed E-state index contributed by atoms with van der Waals surface area (Å²) in [5.41, 5.74) is 3.15. The second-order valence-corrected chi connectivity index (χ2v) is 5.22. The number of methoxy groups -OCH3 is 2. The number of carbonyl (C=O) groups is 1. The summed E-state index contributed by atoms with van der Waals surface area (Å²) >= 11 is 0. The summed E-state index contributed by atoms with van der Waals surface area (Å²) < 4.78 is 10.3. The van der Waals surface area contributed by atoms with Crippen LogP contribution in [0.1, 0.15) is 24.1 Å². The van der Waals surface area contributed by atoms with Gasteiger partial charge in [0, 0.05) is 12.8 Å². The first-order chi connectivity index (χ1) is 11.2. The third kappa shape index (κ3) is 4.11. The molecular weight excluding hydrogens is 290 g/mol. The zero-order chi connectivity index (χ0) is 16.7. The van der Waals surface area contributed by atoms with Gasteiger partial charge in [-0.05, 0) is 23.6 Å². The lowest BCUT2D eigenvalue weighted by molar-refractivity contribution is -0.153. The monoisotopic (exact) mass is 313 g/mol. The molecule has 0 spiro atoms. The molecule has 0 bridgehead atoms. The van der Waals surface area contributed by atoms with Crippen LogP contribution in [-0.2, 0) is 20.7 Å². The van der Waals surface area contributed by atoms with Crippen molar-refractivity contribution in [3.63, 3.8) is 0 Å². The van der Waals surface area contributed by atoms with Crippen LogP contribution in [0.2, 0.25) is 0 Å². The minimum absolute atomic E-state index is 0.332. The fourth-order valence-corrected chi connectivity index (χ4v) is 2.62. The number of ether oxygens (including phenoxy) is 2. The van der Waals surface area contributed by atoms with E-state index in [4.69, 9.17) is 9.47 Å². The van der Waals surface area contributed by atoms with Crippen LogP contribution in [0.4, 0.5) is 5.69 Å². The Kier molecular flexibility index (Phi) is 6.18. The first-order valence-electron chi connectivity index (χ1n) is 7.71. The van der Waals surface area contributed by atoms with E-state index < -0.39 is 12.1 Å². The molecule has 0 saturated heterocycles. The first-order valence-corrected chi connectivity index (χ1v) is 7.71. The normalized spacial score (nSPS) is 13.2. The zero-order valence-electron chi connectivity index (χ0n) is 13.8. The first kappa shape index (κ1) is 17.0. The largest absolute Gasteiger partial charge is 0.467 e. The Bertz CT molecular complexity index is 628. The summed E-state index contributed by atoms with van der Waals surface area (Å²) in [6.45, 7) is 2.10. The van der Waals surface area contributed by atoms with Gasteiger partial charge >= 0.3 is 5.97 Å². The van der Waals surface area contributed by atoms with E-state index in [-0.39, 0.29) is 6.04 Å². The number of nitrogens with one attached hydrogen (secondary N) is 1. The maximum Gasteiger partial charge on any atom is 0.337 e. The van der Waals surface area contributed by atoms with E-state index in [2.05, 4.69) is 18.3 Å². The van der Waals surface area contributed by atoms with Gasteiger partial charge in [0.05, 0.1) is 13.2 Å². The van der Waals surface area contributed by atoms with Crippen molar-refractivity contribution in [2.24, 2.45) is 0 Å². The highest BCUT2D eigenvalue weighted by Crippen LogP contribution is 2.27. The molecule has 4 heteroatoms. The molecule has 0 saturated carbocycles. The number of rotatable bonds is 7. The van der Waals surface area contributed by atoms with Crippen LogP contribution in [0.25, 0.3) is 0 Å². The number of carbonyl (C=O) groups excluding carboxylic acids is 1. The van der Waals surface area contributed by atoms with Crippen LogP contribution in [0.15, 0.2) is 54.6 Å². The average Bonchev–Trinajstić information content (AvgIpc) is 2.62. The molecule has 0 aliphatic rings. The maximum absolute atomic E-state index is 12.1. The second kappa shape index (κ2) is 8.34. The summed E-state index contributed by atoms with van der Waals surface area (Å²) in [6.07, 6.45) is 0.174.